The summed E-state index contributed by atoms with van der Waals surface area (Å²) < 4.78 is 16.0. The SMILES string of the molecule is C=C[C@@H](C)[C@H](O)CCOCc1ccc(OC)c(OC)c1. The molecule has 4 heteroatoms. The van der Waals surface area contributed by atoms with Gasteiger partial charge >= 0.3 is 0 Å². The largest absolute Gasteiger partial charge is 0.493 e. The average molecular weight is 280 g/mol. The van der Waals surface area contributed by atoms with Gasteiger partial charge in [-0.25, -0.2) is 0 Å². The van der Waals surface area contributed by atoms with Gasteiger partial charge in [0.05, 0.1) is 26.9 Å². The highest BCUT2D eigenvalue weighted by molar-refractivity contribution is 5.42. The number of rotatable bonds is 9. The lowest BCUT2D eigenvalue weighted by molar-refractivity contribution is 0.0589. The van der Waals surface area contributed by atoms with Crippen LogP contribution in [0, 0.1) is 5.92 Å². The van der Waals surface area contributed by atoms with Crippen LogP contribution in [0.4, 0.5) is 0 Å². The third-order valence-corrected chi connectivity index (χ3v) is 3.25. The summed E-state index contributed by atoms with van der Waals surface area (Å²) in [5.41, 5.74) is 1.01. The molecule has 0 aromatic heterocycles. The minimum absolute atomic E-state index is 0.0830. The Bertz CT molecular complexity index is 417. The van der Waals surface area contributed by atoms with Crippen molar-refractivity contribution in [3.63, 3.8) is 0 Å². The van der Waals surface area contributed by atoms with Gasteiger partial charge in [0.2, 0.25) is 0 Å². The Hall–Kier alpha value is -1.52. The molecule has 0 saturated carbocycles. The summed E-state index contributed by atoms with van der Waals surface area (Å²) >= 11 is 0. The summed E-state index contributed by atoms with van der Waals surface area (Å²) in [6, 6.07) is 5.68. The molecule has 1 aromatic rings. The first-order valence-corrected chi connectivity index (χ1v) is 6.71. The maximum Gasteiger partial charge on any atom is 0.161 e. The highest BCUT2D eigenvalue weighted by atomic mass is 16.5. The van der Waals surface area contributed by atoms with E-state index in [2.05, 4.69) is 6.58 Å². The van der Waals surface area contributed by atoms with Gasteiger partial charge in [0.25, 0.3) is 0 Å². The summed E-state index contributed by atoms with van der Waals surface area (Å²) in [4.78, 5) is 0. The molecule has 0 unspecified atom stereocenters. The summed E-state index contributed by atoms with van der Waals surface area (Å²) in [6.07, 6.45) is 1.94. The van der Waals surface area contributed by atoms with Crippen molar-refractivity contribution in [2.45, 2.75) is 26.1 Å². The Morgan fingerprint density at radius 2 is 1.95 bits per heavy atom. The van der Waals surface area contributed by atoms with Crippen LogP contribution in [-0.4, -0.2) is 32.0 Å². The molecule has 0 saturated heterocycles. The summed E-state index contributed by atoms with van der Waals surface area (Å²) in [5.74, 6) is 1.47. The Morgan fingerprint density at radius 1 is 1.25 bits per heavy atom. The topological polar surface area (TPSA) is 47.9 Å². The third kappa shape index (κ3) is 4.87. The molecule has 0 aliphatic rings. The Kier molecular flexibility index (Phi) is 7.12. The lowest BCUT2D eigenvalue weighted by Gasteiger charge is -2.15. The zero-order valence-electron chi connectivity index (χ0n) is 12.5. The molecule has 0 amide bonds. The van der Waals surface area contributed by atoms with Gasteiger partial charge in [-0.1, -0.05) is 19.1 Å². The molecule has 0 fully saturated rings. The second-order valence-corrected chi connectivity index (χ2v) is 4.69. The summed E-state index contributed by atoms with van der Waals surface area (Å²) in [6.45, 7) is 6.59. The van der Waals surface area contributed by atoms with E-state index >= 15 is 0 Å². The minimum atomic E-state index is -0.405. The van der Waals surface area contributed by atoms with Gasteiger partial charge in [0.15, 0.2) is 11.5 Å². The van der Waals surface area contributed by atoms with E-state index in [1.807, 2.05) is 25.1 Å². The molecular formula is C16H24O4. The van der Waals surface area contributed by atoms with Crippen LogP contribution in [0.1, 0.15) is 18.9 Å². The predicted molar refractivity (Wildman–Crippen MR) is 79.2 cm³/mol. The molecule has 0 spiro atoms. The number of hydrogen-bond donors (Lipinski definition) is 1. The van der Waals surface area contributed by atoms with E-state index in [1.165, 1.54) is 0 Å². The molecule has 0 aliphatic heterocycles. The maximum atomic E-state index is 9.78. The Labute approximate surface area is 121 Å². The van der Waals surface area contributed by atoms with E-state index in [4.69, 9.17) is 14.2 Å². The van der Waals surface area contributed by atoms with Crippen molar-refractivity contribution in [3.05, 3.63) is 36.4 Å². The van der Waals surface area contributed by atoms with E-state index in [0.29, 0.717) is 31.1 Å². The van der Waals surface area contributed by atoms with Crippen molar-refractivity contribution in [2.75, 3.05) is 20.8 Å². The van der Waals surface area contributed by atoms with Crippen LogP contribution in [0.2, 0.25) is 0 Å². The standard InChI is InChI=1S/C16H24O4/c1-5-12(2)14(17)8-9-20-11-13-6-7-15(18-3)16(10-13)19-4/h5-7,10,12,14,17H,1,8-9,11H2,2-4H3/t12-,14-/m1/s1. The quantitative estimate of drug-likeness (QED) is 0.558. The number of methoxy groups -OCH3 is 2. The zero-order chi connectivity index (χ0) is 15.0. The molecule has 0 bridgehead atoms. The van der Waals surface area contributed by atoms with Crippen LogP contribution in [0.5, 0.6) is 11.5 Å². The first kappa shape index (κ1) is 16.5. The number of benzene rings is 1. The van der Waals surface area contributed by atoms with E-state index in [1.54, 1.807) is 20.3 Å². The normalized spacial score (nSPS) is 13.6. The lowest BCUT2D eigenvalue weighted by Crippen LogP contribution is -2.17. The lowest BCUT2D eigenvalue weighted by atomic mass is 10.0. The van der Waals surface area contributed by atoms with Crippen LogP contribution in [0.25, 0.3) is 0 Å². The molecule has 20 heavy (non-hydrogen) atoms. The van der Waals surface area contributed by atoms with Gasteiger partial charge in [-0.05, 0) is 30.0 Å². The zero-order valence-corrected chi connectivity index (χ0v) is 12.5. The van der Waals surface area contributed by atoms with Crippen molar-refractivity contribution >= 4 is 0 Å². The van der Waals surface area contributed by atoms with Crippen LogP contribution < -0.4 is 9.47 Å². The van der Waals surface area contributed by atoms with E-state index in [-0.39, 0.29) is 5.92 Å². The first-order chi connectivity index (χ1) is 9.62. The van der Waals surface area contributed by atoms with Gasteiger partial charge in [-0.3, -0.25) is 0 Å². The minimum Gasteiger partial charge on any atom is -0.493 e. The van der Waals surface area contributed by atoms with Gasteiger partial charge in [-0.15, -0.1) is 6.58 Å². The number of aliphatic hydroxyl groups excluding tert-OH is 1. The van der Waals surface area contributed by atoms with Gasteiger partial charge < -0.3 is 19.3 Å². The molecule has 1 N–H and O–H groups in total. The van der Waals surface area contributed by atoms with Crippen molar-refractivity contribution in [1.29, 1.82) is 0 Å². The molecule has 0 aliphatic carbocycles. The highest BCUT2D eigenvalue weighted by Gasteiger charge is 2.10. The smallest absolute Gasteiger partial charge is 0.161 e. The van der Waals surface area contributed by atoms with E-state index in [9.17, 15) is 5.11 Å². The summed E-state index contributed by atoms with van der Waals surface area (Å²) in [5, 5.41) is 9.78. The van der Waals surface area contributed by atoms with Crippen molar-refractivity contribution in [2.24, 2.45) is 5.92 Å². The molecule has 2 atom stereocenters. The van der Waals surface area contributed by atoms with Gasteiger partial charge in [-0.2, -0.15) is 0 Å². The van der Waals surface area contributed by atoms with E-state index < -0.39 is 6.10 Å². The van der Waals surface area contributed by atoms with Crippen molar-refractivity contribution in [1.82, 2.24) is 0 Å². The second-order valence-electron chi connectivity index (χ2n) is 4.69. The number of ether oxygens (including phenoxy) is 3. The molecule has 1 rings (SSSR count). The molecule has 0 heterocycles. The molecule has 0 radical (unpaired) electrons. The monoisotopic (exact) mass is 280 g/mol. The highest BCUT2D eigenvalue weighted by Crippen LogP contribution is 2.27. The van der Waals surface area contributed by atoms with Crippen LogP contribution in [0.15, 0.2) is 30.9 Å². The fraction of sp³-hybridized carbons (Fsp3) is 0.500. The van der Waals surface area contributed by atoms with Crippen LogP contribution in [0.3, 0.4) is 0 Å². The third-order valence-electron chi connectivity index (χ3n) is 3.25. The number of aliphatic hydroxyl groups is 1. The van der Waals surface area contributed by atoms with Gasteiger partial charge in [0.1, 0.15) is 0 Å². The Balaban J connectivity index is 2.40. The van der Waals surface area contributed by atoms with E-state index in [0.717, 1.165) is 5.56 Å². The average Bonchev–Trinajstić information content (AvgIpc) is 2.50. The van der Waals surface area contributed by atoms with Crippen molar-refractivity contribution in [3.8, 4) is 11.5 Å². The molecular weight excluding hydrogens is 256 g/mol. The summed E-state index contributed by atoms with van der Waals surface area (Å²) in [7, 11) is 3.21. The fourth-order valence-corrected chi connectivity index (χ4v) is 1.78. The fourth-order valence-electron chi connectivity index (χ4n) is 1.78. The first-order valence-electron chi connectivity index (χ1n) is 6.71. The van der Waals surface area contributed by atoms with Crippen LogP contribution in [-0.2, 0) is 11.3 Å². The maximum absolute atomic E-state index is 9.78. The molecule has 112 valence electrons. The second kappa shape index (κ2) is 8.61. The van der Waals surface area contributed by atoms with Crippen molar-refractivity contribution < 1.29 is 19.3 Å². The Morgan fingerprint density at radius 3 is 2.55 bits per heavy atom. The molecule has 4 nitrogen and oxygen atoms in total. The van der Waals surface area contributed by atoms with Gasteiger partial charge in [0, 0.05) is 6.61 Å². The predicted octanol–water partition coefficient (Wildman–Crippen LogP) is 2.79. The number of hydrogen-bond acceptors (Lipinski definition) is 4. The molecule has 1 aromatic carbocycles. The van der Waals surface area contributed by atoms with Crippen LogP contribution >= 0.6 is 0 Å².